The van der Waals surface area contributed by atoms with E-state index in [1.807, 2.05) is 0 Å². The largest absolute Gasteiger partial charge is 0.294 e. The monoisotopic (exact) mass is 216 g/mol. The van der Waals surface area contributed by atoms with Crippen molar-refractivity contribution in [1.82, 2.24) is 0 Å². The molecule has 4 heteroatoms. The molecule has 1 aliphatic rings. The Bertz CT molecular complexity index is 399. The summed E-state index contributed by atoms with van der Waals surface area (Å²) in [5, 5.41) is -0.0131. The molecule has 0 atom stereocenters. The Balaban J connectivity index is 2.49. The normalized spacial score (nSPS) is 15.6. The van der Waals surface area contributed by atoms with Crippen LogP contribution in [0.15, 0.2) is 12.1 Å². The Hall–Kier alpha value is -0.960. The molecule has 0 N–H and O–H groups in total. The predicted molar refractivity (Wildman–Crippen MR) is 48.4 cm³/mol. The summed E-state index contributed by atoms with van der Waals surface area (Å²) < 4.78 is 26.0. The third-order valence-electron chi connectivity index (χ3n) is 2.24. The third-order valence-corrected chi connectivity index (χ3v) is 2.55. The minimum absolute atomic E-state index is 0.0131. The van der Waals surface area contributed by atoms with E-state index in [0.29, 0.717) is 0 Å². The molecule has 0 spiro atoms. The number of carbonyl (C=O) groups excluding carboxylic acids is 1. The van der Waals surface area contributed by atoms with Gasteiger partial charge < -0.3 is 0 Å². The van der Waals surface area contributed by atoms with Gasteiger partial charge in [0.05, 0.1) is 10.6 Å². The fourth-order valence-electron chi connectivity index (χ4n) is 1.30. The molecule has 1 nitrogen and oxygen atoms in total. The smallest absolute Gasteiger partial charge is 0.171 e. The van der Waals surface area contributed by atoms with Gasteiger partial charge in [-0.05, 0) is 25.0 Å². The molecule has 0 radical (unpaired) electrons. The molecule has 0 aromatic heterocycles. The van der Waals surface area contributed by atoms with E-state index in [9.17, 15) is 13.6 Å². The van der Waals surface area contributed by atoms with Crippen LogP contribution in [0.4, 0.5) is 8.78 Å². The highest BCUT2D eigenvalue weighted by Crippen LogP contribution is 2.35. The van der Waals surface area contributed by atoms with Crippen LogP contribution in [-0.4, -0.2) is 5.78 Å². The van der Waals surface area contributed by atoms with Crippen LogP contribution in [0, 0.1) is 17.6 Å². The first kappa shape index (κ1) is 9.59. The lowest BCUT2D eigenvalue weighted by atomic mass is 10.1. The van der Waals surface area contributed by atoms with Crippen LogP contribution in [0.2, 0.25) is 5.02 Å². The molecular formula is C10H7ClF2O. The summed E-state index contributed by atoms with van der Waals surface area (Å²) in [7, 11) is 0. The van der Waals surface area contributed by atoms with Crippen molar-refractivity contribution in [3.8, 4) is 0 Å². The van der Waals surface area contributed by atoms with Crippen molar-refractivity contribution in [2.24, 2.45) is 5.92 Å². The number of ketones is 1. The highest BCUT2D eigenvalue weighted by atomic mass is 35.5. The van der Waals surface area contributed by atoms with E-state index in [1.165, 1.54) is 6.07 Å². The highest BCUT2D eigenvalue weighted by molar-refractivity contribution is 6.34. The second-order valence-corrected chi connectivity index (χ2v) is 3.76. The maximum atomic E-state index is 13.2. The Morgan fingerprint density at radius 3 is 2.57 bits per heavy atom. The molecular weight excluding hydrogens is 210 g/mol. The molecule has 14 heavy (non-hydrogen) atoms. The fourth-order valence-corrected chi connectivity index (χ4v) is 1.54. The number of halogens is 3. The number of benzene rings is 1. The van der Waals surface area contributed by atoms with Crippen molar-refractivity contribution in [2.45, 2.75) is 12.8 Å². The van der Waals surface area contributed by atoms with Gasteiger partial charge in [-0.15, -0.1) is 0 Å². The van der Waals surface area contributed by atoms with Crippen molar-refractivity contribution >= 4 is 17.4 Å². The van der Waals surface area contributed by atoms with E-state index >= 15 is 0 Å². The lowest BCUT2D eigenvalue weighted by Gasteiger charge is -2.04. The van der Waals surface area contributed by atoms with Gasteiger partial charge >= 0.3 is 0 Å². The Morgan fingerprint density at radius 2 is 2.00 bits per heavy atom. The molecule has 1 aromatic carbocycles. The number of hydrogen-bond acceptors (Lipinski definition) is 1. The lowest BCUT2D eigenvalue weighted by molar-refractivity contribution is 0.0963. The van der Waals surface area contributed by atoms with Crippen LogP contribution in [0.1, 0.15) is 23.2 Å². The van der Waals surface area contributed by atoms with Gasteiger partial charge in [-0.25, -0.2) is 8.78 Å². The molecule has 0 bridgehead atoms. The van der Waals surface area contributed by atoms with Gasteiger partial charge in [0, 0.05) is 5.92 Å². The lowest BCUT2D eigenvalue weighted by Crippen LogP contribution is -2.07. The average molecular weight is 217 g/mol. The molecule has 0 unspecified atom stereocenters. The summed E-state index contributed by atoms with van der Waals surface area (Å²) >= 11 is 5.64. The first-order chi connectivity index (χ1) is 6.61. The molecule has 0 heterocycles. The van der Waals surface area contributed by atoms with Gasteiger partial charge in [0.25, 0.3) is 0 Å². The molecule has 1 aliphatic carbocycles. The SMILES string of the molecule is O=C(c1c(Cl)ccc(F)c1F)C1CC1. The van der Waals surface area contributed by atoms with E-state index in [-0.39, 0.29) is 22.3 Å². The van der Waals surface area contributed by atoms with E-state index in [2.05, 4.69) is 0 Å². The number of Topliss-reactive ketones (excluding diaryl/α,β-unsaturated/α-hetero) is 1. The van der Waals surface area contributed by atoms with Gasteiger partial charge in [0.2, 0.25) is 0 Å². The van der Waals surface area contributed by atoms with Crippen molar-refractivity contribution < 1.29 is 13.6 Å². The Labute approximate surface area is 84.7 Å². The molecule has 0 saturated heterocycles. The number of rotatable bonds is 2. The highest BCUT2D eigenvalue weighted by Gasteiger charge is 2.34. The molecule has 1 saturated carbocycles. The molecule has 0 amide bonds. The summed E-state index contributed by atoms with van der Waals surface area (Å²) in [4.78, 5) is 11.5. The zero-order valence-corrected chi connectivity index (χ0v) is 7.94. The fraction of sp³-hybridized carbons (Fsp3) is 0.300. The second kappa shape index (κ2) is 3.31. The van der Waals surface area contributed by atoms with Crippen molar-refractivity contribution in [1.29, 1.82) is 0 Å². The van der Waals surface area contributed by atoms with Crippen molar-refractivity contribution in [3.05, 3.63) is 34.4 Å². The Kier molecular flexibility index (Phi) is 2.27. The van der Waals surface area contributed by atoms with Gasteiger partial charge in [-0.1, -0.05) is 11.6 Å². The zero-order chi connectivity index (χ0) is 10.3. The number of carbonyl (C=O) groups is 1. The van der Waals surface area contributed by atoms with Gasteiger partial charge in [0.1, 0.15) is 0 Å². The summed E-state index contributed by atoms with van der Waals surface area (Å²) in [6, 6.07) is 2.12. The van der Waals surface area contributed by atoms with E-state index in [4.69, 9.17) is 11.6 Å². The van der Waals surface area contributed by atoms with E-state index in [1.54, 1.807) is 0 Å². The summed E-state index contributed by atoms with van der Waals surface area (Å²) in [5.41, 5.74) is -0.297. The summed E-state index contributed by atoms with van der Waals surface area (Å²) in [6.07, 6.45) is 1.48. The number of hydrogen-bond donors (Lipinski definition) is 0. The van der Waals surface area contributed by atoms with Crippen LogP contribution in [-0.2, 0) is 0 Å². The standard InChI is InChI=1S/C10H7ClF2O/c11-6-3-4-7(12)9(13)8(6)10(14)5-1-2-5/h3-5H,1-2H2. The summed E-state index contributed by atoms with van der Waals surface area (Å²) in [5.74, 6) is -2.70. The van der Waals surface area contributed by atoms with Gasteiger partial charge in [-0.3, -0.25) is 4.79 Å². The van der Waals surface area contributed by atoms with Crippen LogP contribution in [0.25, 0.3) is 0 Å². The molecule has 0 aliphatic heterocycles. The van der Waals surface area contributed by atoms with E-state index in [0.717, 1.165) is 18.9 Å². The van der Waals surface area contributed by atoms with Gasteiger partial charge in [-0.2, -0.15) is 0 Å². The molecule has 1 fully saturated rings. The van der Waals surface area contributed by atoms with Crippen molar-refractivity contribution in [2.75, 3.05) is 0 Å². The predicted octanol–water partition coefficient (Wildman–Crippen LogP) is 3.21. The molecule has 1 aromatic rings. The van der Waals surface area contributed by atoms with Crippen molar-refractivity contribution in [3.63, 3.8) is 0 Å². The van der Waals surface area contributed by atoms with Crippen LogP contribution in [0.3, 0.4) is 0 Å². The third kappa shape index (κ3) is 1.52. The minimum atomic E-state index is -1.13. The van der Waals surface area contributed by atoms with E-state index < -0.39 is 11.6 Å². The average Bonchev–Trinajstić information content (AvgIpc) is 2.95. The second-order valence-electron chi connectivity index (χ2n) is 3.36. The van der Waals surface area contributed by atoms with Gasteiger partial charge in [0.15, 0.2) is 17.4 Å². The first-order valence-corrected chi connectivity index (χ1v) is 4.66. The summed E-state index contributed by atoms with van der Waals surface area (Å²) in [6.45, 7) is 0. The minimum Gasteiger partial charge on any atom is -0.294 e. The Morgan fingerprint density at radius 1 is 1.36 bits per heavy atom. The molecule has 74 valence electrons. The topological polar surface area (TPSA) is 17.1 Å². The maximum absolute atomic E-state index is 13.2. The maximum Gasteiger partial charge on any atom is 0.171 e. The molecule has 2 rings (SSSR count). The zero-order valence-electron chi connectivity index (χ0n) is 7.19. The van der Waals surface area contributed by atoms with Crippen LogP contribution < -0.4 is 0 Å². The van der Waals surface area contributed by atoms with Crippen LogP contribution in [0.5, 0.6) is 0 Å². The first-order valence-electron chi connectivity index (χ1n) is 4.29. The quantitative estimate of drug-likeness (QED) is 0.548. The van der Waals surface area contributed by atoms with Crippen LogP contribution >= 0.6 is 11.6 Å².